The highest BCUT2D eigenvalue weighted by atomic mass is 16.7. The molecule has 1 atom stereocenters. The van der Waals surface area contributed by atoms with Gasteiger partial charge in [0, 0.05) is 48.9 Å². The van der Waals surface area contributed by atoms with Crippen LogP contribution in [0.3, 0.4) is 0 Å². The van der Waals surface area contributed by atoms with Crippen molar-refractivity contribution in [2.45, 2.75) is 18.0 Å². The average molecular weight is 532 g/mol. The van der Waals surface area contributed by atoms with E-state index in [0.29, 0.717) is 42.9 Å². The summed E-state index contributed by atoms with van der Waals surface area (Å²) in [6.45, 7) is 2.64. The normalized spacial score (nSPS) is 19.6. The molecule has 0 amide bonds. The highest BCUT2D eigenvalue weighted by Crippen LogP contribution is 2.45. The summed E-state index contributed by atoms with van der Waals surface area (Å²) in [5, 5.41) is 0.825. The Kier molecular flexibility index (Phi) is 6.18. The smallest absolute Gasteiger partial charge is 0.229 e. The minimum Gasteiger partial charge on any atom is -0.462 e. The first-order valence-electron chi connectivity index (χ1n) is 13.7. The topological polar surface area (TPSA) is 72.0 Å². The lowest BCUT2D eigenvalue weighted by Crippen LogP contribution is -2.61. The van der Waals surface area contributed by atoms with E-state index in [0.717, 1.165) is 23.1 Å². The molecule has 3 aliphatic rings. The Balaban J connectivity index is 1.26. The van der Waals surface area contributed by atoms with Gasteiger partial charge in [-0.05, 0) is 29.7 Å². The third kappa shape index (κ3) is 3.85. The predicted molar refractivity (Wildman–Crippen MR) is 151 cm³/mol. The largest absolute Gasteiger partial charge is 0.462 e. The van der Waals surface area contributed by atoms with E-state index in [2.05, 4.69) is 26.9 Å². The van der Waals surface area contributed by atoms with E-state index in [1.54, 1.807) is 24.6 Å². The van der Waals surface area contributed by atoms with E-state index >= 15 is 0 Å². The molecule has 40 heavy (non-hydrogen) atoms. The lowest BCUT2D eigenvalue weighted by atomic mass is 9.80. The van der Waals surface area contributed by atoms with Gasteiger partial charge in [0.05, 0.1) is 11.6 Å². The summed E-state index contributed by atoms with van der Waals surface area (Å²) >= 11 is 0. The fourth-order valence-corrected chi connectivity index (χ4v) is 6.53. The zero-order valence-electron chi connectivity index (χ0n) is 22.0. The second-order valence-corrected chi connectivity index (χ2v) is 10.5. The Morgan fingerprint density at radius 2 is 1.48 bits per heavy atom. The number of para-hydroxylation sites is 1. The molecule has 0 saturated carbocycles. The Bertz CT molecular complexity index is 1590. The number of nitrogens with zero attached hydrogens (tertiary/aromatic N) is 3. The minimum absolute atomic E-state index is 0.00284. The molecule has 1 unspecified atom stereocenters. The van der Waals surface area contributed by atoms with Gasteiger partial charge in [0.1, 0.15) is 6.26 Å². The van der Waals surface area contributed by atoms with Gasteiger partial charge < -0.3 is 9.47 Å². The number of aromatic nitrogens is 1. The van der Waals surface area contributed by atoms with Crippen LogP contribution in [0, 0.1) is 0 Å². The van der Waals surface area contributed by atoms with Gasteiger partial charge in [-0.25, -0.2) is 0 Å². The van der Waals surface area contributed by atoms with Crippen LogP contribution < -0.4 is 0 Å². The summed E-state index contributed by atoms with van der Waals surface area (Å²) in [6.07, 6.45) is 4.20. The van der Waals surface area contributed by atoms with Gasteiger partial charge >= 0.3 is 0 Å². The van der Waals surface area contributed by atoms with Gasteiger partial charge in [-0.1, -0.05) is 72.8 Å². The third-order valence-electron chi connectivity index (χ3n) is 8.44. The van der Waals surface area contributed by atoms with E-state index in [-0.39, 0.29) is 24.4 Å². The molecule has 7 heteroatoms. The molecule has 3 aromatic carbocycles. The molecule has 7 rings (SSSR count). The summed E-state index contributed by atoms with van der Waals surface area (Å²) in [7, 11) is 0. The average Bonchev–Trinajstić information content (AvgIpc) is 3.63. The molecular formula is C33H29N3O4. The molecule has 2 aliphatic heterocycles. The number of rotatable bonds is 6. The highest BCUT2D eigenvalue weighted by molar-refractivity contribution is 6.33. The summed E-state index contributed by atoms with van der Waals surface area (Å²) in [6, 6.07) is 27.1. The molecule has 1 aliphatic carbocycles. The van der Waals surface area contributed by atoms with Crippen LogP contribution in [0.25, 0.3) is 10.9 Å². The number of carbonyl (C=O) groups is 2. The number of fused-ring (bicyclic) bond motifs is 2. The number of carbonyl (C=O) groups excluding carboxylic acids is 2. The number of pyridine rings is 1. The van der Waals surface area contributed by atoms with Gasteiger partial charge in [0.2, 0.25) is 6.79 Å². The fraction of sp³-hybridized carbons (Fsp3) is 0.242. The van der Waals surface area contributed by atoms with E-state index in [1.807, 2.05) is 60.7 Å². The molecular weight excluding hydrogens is 502 g/mol. The van der Waals surface area contributed by atoms with E-state index < -0.39 is 5.54 Å². The minimum atomic E-state index is -1.43. The molecule has 200 valence electrons. The maximum Gasteiger partial charge on any atom is 0.229 e. The van der Waals surface area contributed by atoms with Crippen molar-refractivity contribution in [1.29, 1.82) is 0 Å². The van der Waals surface area contributed by atoms with E-state index in [1.165, 1.54) is 5.56 Å². The molecule has 1 fully saturated rings. The standard InChI is InChI=1S/C33H29N3O4/c37-31-24-10-4-5-11-25(24)32(38)33(31,27-14-15-34-28-13-7-6-12-26(27)28)36-18-16-35(17-19-36)29(30-21-39-22-40-30)20-23-8-2-1-3-9-23/h1-15,21,29H,16-20,22H2. The van der Waals surface area contributed by atoms with E-state index in [4.69, 9.17) is 9.47 Å². The van der Waals surface area contributed by atoms with Crippen molar-refractivity contribution in [3.8, 4) is 0 Å². The zero-order chi connectivity index (χ0) is 27.1. The number of ketones is 2. The first kappa shape index (κ1) is 24.7. The number of piperazine rings is 1. The van der Waals surface area contributed by atoms with Crippen molar-refractivity contribution in [1.82, 2.24) is 14.8 Å². The lowest BCUT2D eigenvalue weighted by Gasteiger charge is -2.46. The summed E-state index contributed by atoms with van der Waals surface area (Å²) in [5.74, 6) is 0.496. The molecule has 0 spiro atoms. The molecule has 4 aromatic rings. The summed E-state index contributed by atoms with van der Waals surface area (Å²) in [5.41, 5.74) is 2.22. The monoisotopic (exact) mass is 531 g/mol. The molecule has 1 aromatic heterocycles. The predicted octanol–water partition coefficient (Wildman–Crippen LogP) is 4.58. The van der Waals surface area contributed by atoms with Crippen LogP contribution in [0.5, 0.6) is 0 Å². The van der Waals surface area contributed by atoms with Crippen LogP contribution in [0.15, 0.2) is 103 Å². The second-order valence-electron chi connectivity index (χ2n) is 10.5. The van der Waals surface area contributed by atoms with Crippen molar-refractivity contribution < 1.29 is 19.1 Å². The van der Waals surface area contributed by atoms with Crippen LogP contribution in [0.4, 0.5) is 0 Å². The Labute approximate surface area is 232 Å². The van der Waals surface area contributed by atoms with Crippen molar-refractivity contribution in [2.75, 3.05) is 33.0 Å². The maximum atomic E-state index is 14.4. The van der Waals surface area contributed by atoms with Crippen LogP contribution in [-0.2, 0) is 21.4 Å². The van der Waals surface area contributed by atoms with Gasteiger partial charge in [-0.15, -0.1) is 0 Å². The first-order valence-corrected chi connectivity index (χ1v) is 13.7. The molecule has 7 nitrogen and oxygen atoms in total. The Morgan fingerprint density at radius 1 is 0.800 bits per heavy atom. The van der Waals surface area contributed by atoms with Crippen molar-refractivity contribution in [2.24, 2.45) is 0 Å². The Morgan fingerprint density at radius 3 is 2.17 bits per heavy atom. The molecule has 3 heterocycles. The molecule has 0 bridgehead atoms. The number of benzene rings is 3. The number of hydrogen-bond donors (Lipinski definition) is 0. The molecule has 0 N–H and O–H groups in total. The van der Waals surface area contributed by atoms with E-state index in [9.17, 15) is 9.59 Å². The fourth-order valence-electron chi connectivity index (χ4n) is 6.53. The molecule has 1 saturated heterocycles. The third-order valence-corrected chi connectivity index (χ3v) is 8.44. The van der Waals surface area contributed by atoms with Crippen molar-refractivity contribution in [3.63, 3.8) is 0 Å². The summed E-state index contributed by atoms with van der Waals surface area (Å²) in [4.78, 5) is 37.8. The highest BCUT2D eigenvalue weighted by Gasteiger charge is 2.59. The van der Waals surface area contributed by atoms with Crippen LogP contribution in [-0.4, -0.2) is 65.4 Å². The maximum absolute atomic E-state index is 14.4. The quantitative estimate of drug-likeness (QED) is 0.337. The number of ether oxygens (including phenoxy) is 2. The van der Waals surface area contributed by atoms with Crippen LogP contribution >= 0.6 is 0 Å². The first-order chi connectivity index (χ1) is 19.7. The van der Waals surface area contributed by atoms with Gasteiger partial charge in [-0.3, -0.25) is 24.4 Å². The van der Waals surface area contributed by atoms with Gasteiger partial charge in [-0.2, -0.15) is 0 Å². The Hall–Kier alpha value is -4.33. The van der Waals surface area contributed by atoms with Crippen molar-refractivity contribution in [3.05, 3.63) is 125 Å². The van der Waals surface area contributed by atoms with Crippen LogP contribution in [0.1, 0.15) is 31.8 Å². The number of Topliss-reactive ketones (excluding diaryl/α,β-unsaturated/α-hetero) is 2. The lowest BCUT2D eigenvalue weighted by molar-refractivity contribution is 0.0140. The number of hydrogen-bond acceptors (Lipinski definition) is 7. The SMILES string of the molecule is O=C1c2ccccc2C(=O)C1(c1ccnc2ccccc12)N1CCN(C(Cc2ccccc2)C2=COCO2)CC1. The van der Waals surface area contributed by atoms with Crippen LogP contribution in [0.2, 0.25) is 0 Å². The van der Waals surface area contributed by atoms with Gasteiger partial charge in [0.15, 0.2) is 22.9 Å². The van der Waals surface area contributed by atoms with Crippen molar-refractivity contribution >= 4 is 22.5 Å². The summed E-state index contributed by atoms with van der Waals surface area (Å²) < 4.78 is 11.3. The second kappa shape index (κ2) is 10.0. The zero-order valence-corrected chi connectivity index (χ0v) is 22.0. The molecule has 0 radical (unpaired) electrons. The van der Waals surface area contributed by atoms with Gasteiger partial charge in [0.25, 0.3) is 0 Å².